The highest BCUT2D eigenvalue weighted by atomic mass is 35.5. The molecule has 1 saturated heterocycles. The summed E-state index contributed by atoms with van der Waals surface area (Å²) in [6.07, 6.45) is 4.99. The summed E-state index contributed by atoms with van der Waals surface area (Å²) in [5.74, 6) is 0. The van der Waals surface area contributed by atoms with E-state index in [4.69, 9.17) is 17.3 Å². The number of likely N-dealkylation sites (tertiary alicyclic amines) is 1. The lowest BCUT2D eigenvalue weighted by Crippen LogP contribution is -2.54. The molecule has 0 saturated carbocycles. The Morgan fingerprint density at radius 3 is 2.61 bits per heavy atom. The molecule has 2 heterocycles. The number of rotatable bonds is 4. The van der Waals surface area contributed by atoms with Gasteiger partial charge >= 0.3 is 0 Å². The van der Waals surface area contributed by atoms with E-state index in [0.717, 1.165) is 16.3 Å². The first-order valence-corrected chi connectivity index (χ1v) is 8.09. The lowest BCUT2D eigenvalue weighted by Gasteiger charge is -2.46. The molecule has 0 aromatic carbocycles. The summed E-state index contributed by atoms with van der Waals surface area (Å²) < 4.78 is 0. The molecule has 2 atom stereocenters. The molecule has 1 aromatic heterocycles. The van der Waals surface area contributed by atoms with E-state index in [-0.39, 0.29) is 11.6 Å². The van der Waals surface area contributed by atoms with Crippen molar-refractivity contribution in [3.05, 3.63) is 21.3 Å². The third-order valence-corrected chi connectivity index (χ3v) is 5.83. The second-order valence-electron chi connectivity index (χ2n) is 5.37. The molecule has 0 aliphatic carbocycles. The smallest absolute Gasteiger partial charge is 0.0589 e. The summed E-state index contributed by atoms with van der Waals surface area (Å²) in [4.78, 5) is 3.70. The van der Waals surface area contributed by atoms with Crippen molar-refractivity contribution >= 4 is 22.9 Å². The molecule has 0 bridgehead atoms. The van der Waals surface area contributed by atoms with E-state index in [2.05, 4.69) is 18.7 Å². The molecule has 0 spiro atoms. The minimum Gasteiger partial charge on any atom is -0.322 e. The third kappa shape index (κ3) is 2.60. The Morgan fingerprint density at radius 2 is 2.11 bits per heavy atom. The Labute approximate surface area is 119 Å². The minimum atomic E-state index is 0.00750. The number of hydrogen-bond acceptors (Lipinski definition) is 3. The van der Waals surface area contributed by atoms with Crippen molar-refractivity contribution in [3.63, 3.8) is 0 Å². The van der Waals surface area contributed by atoms with Crippen LogP contribution in [0.4, 0.5) is 0 Å². The highest BCUT2D eigenvalue weighted by Gasteiger charge is 2.38. The van der Waals surface area contributed by atoms with Crippen LogP contribution in [-0.4, -0.2) is 23.5 Å². The van der Waals surface area contributed by atoms with Crippen LogP contribution in [0.2, 0.25) is 5.02 Å². The number of halogens is 1. The summed E-state index contributed by atoms with van der Waals surface area (Å²) >= 11 is 7.93. The number of thiophene rings is 1. The number of nitrogens with zero attached hydrogens (tertiary/aromatic N) is 1. The second kappa shape index (κ2) is 5.91. The van der Waals surface area contributed by atoms with Gasteiger partial charge in [0.2, 0.25) is 0 Å². The van der Waals surface area contributed by atoms with Crippen molar-refractivity contribution in [2.45, 2.75) is 51.1 Å². The number of nitrogens with two attached hydrogens (primary N) is 1. The standard InChI is InChI=1S/C14H23ClN2S/c1-3-14(2,17-8-5-4-6-9-17)13(16)12-11(15)7-10-18-12/h7,10,13H,3-6,8-9,16H2,1-2H3. The molecule has 1 aliphatic rings. The van der Waals surface area contributed by atoms with E-state index in [1.807, 2.05) is 11.4 Å². The molecule has 18 heavy (non-hydrogen) atoms. The largest absolute Gasteiger partial charge is 0.322 e. The van der Waals surface area contributed by atoms with Crippen LogP contribution in [0.25, 0.3) is 0 Å². The van der Waals surface area contributed by atoms with Crippen LogP contribution in [0.15, 0.2) is 11.4 Å². The van der Waals surface area contributed by atoms with Gasteiger partial charge in [-0.1, -0.05) is 24.9 Å². The van der Waals surface area contributed by atoms with Gasteiger partial charge in [-0.15, -0.1) is 11.3 Å². The maximum atomic E-state index is 6.54. The van der Waals surface area contributed by atoms with E-state index >= 15 is 0 Å². The molecule has 2 nitrogen and oxygen atoms in total. The summed E-state index contributed by atoms with van der Waals surface area (Å²) in [6, 6.07) is 1.96. The number of hydrogen-bond donors (Lipinski definition) is 1. The van der Waals surface area contributed by atoms with Gasteiger partial charge in [0.1, 0.15) is 0 Å². The second-order valence-corrected chi connectivity index (χ2v) is 6.72. The minimum absolute atomic E-state index is 0.00750. The highest BCUT2D eigenvalue weighted by Crippen LogP contribution is 2.39. The van der Waals surface area contributed by atoms with Crippen molar-refractivity contribution in [3.8, 4) is 0 Å². The summed E-state index contributed by atoms with van der Waals surface area (Å²) in [6.45, 7) is 6.86. The first kappa shape index (κ1) is 14.3. The molecule has 1 fully saturated rings. The SMILES string of the molecule is CCC(C)(C(N)c1sccc1Cl)N1CCCCC1. The molecule has 0 radical (unpaired) electrons. The van der Waals surface area contributed by atoms with Gasteiger partial charge in [-0.3, -0.25) is 4.90 Å². The Balaban J connectivity index is 2.22. The van der Waals surface area contributed by atoms with E-state index in [1.54, 1.807) is 11.3 Å². The molecule has 1 aromatic rings. The molecule has 2 N–H and O–H groups in total. The Kier molecular flexibility index (Phi) is 4.70. The monoisotopic (exact) mass is 286 g/mol. The van der Waals surface area contributed by atoms with Crippen LogP contribution in [0.3, 0.4) is 0 Å². The van der Waals surface area contributed by atoms with Crippen LogP contribution < -0.4 is 5.73 Å². The Hall–Kier alpha value is -0.0900. The van der Waals surface area contributed by atoms with E-state index in [0.29, 0.717) is 0 Å². The van der Waals surface area contributed by atoms with Crippen LogP contribution >= 0.6 is 22.9 Å². The zero-order valence-corrected chi connectivity index (χ0v) is 12.9. The van der Waals surface area contributed by atoms with Gasteiger partial charge in [0.05, 0.1) is 11.1 Å². The fraction of sp³-hybridized carbons (Fsp3) is 0.714. The van der Waals surface area contributed by atoms with Gasteiger partial charge in [-0.05, 0) is 50.7 Å². The average Bonchev–Trinajstić information content (AvgIpc) is 2.84. The Morgan fingerprint density at radius 1 is 1.44 bits per heavy atom. The van der Waals surface area contributed by atoms with Gasteiger partial charge in [-0.25, -0.2) is 0 Å². The van der Waals surface area contributed by atoms with Crippen molar-refractivity contribution in [1.29, 1.82) is 0 Å². The van der Waals surface area contributed by atoms with E-state index < -0.39 is 0 Å². The molecule has 2 rings (SSSR count). The van der Waals surface area contributed by atoms with Crippen molar-refractivity contribution in [2.75, 3.05) is 13.1 Å². The van der Waals surface area contributed by atoms with Crippen molar-refractivity contribution in [2.24, 2.45) is 5.73 Å². The van der Waals surface area contributed by atoms with E-state index in [9.17, 15) is 0 Å². The molecule has 4 heteroatoms. The molecule has 0 amide bonds. The fourth-order valence-corrected chi connectivity index (χ4v) is 4.18. The predicted molar refractivity (Wildman–Crippen MR) is 80.4 cm³/mol. The molecular weight excluding hydrogens is 264 g/mol. The summed E-state index contributed by atoms with van der Waals surface area (Å²) in [5, 5.41) is 2.85. The average molecular weight is 287 g/mol. The topological polar surface area (TPSA) is 29.3 Å². The third-order valence-electron chi connectivity index (χ3n) is 4.39. The molecule has 2 unspecified atom stereocenters. The maximum Gasteiger partial charge on any atom is 0.0589 e. The van der Waals surface area contributed by atoms with Crippen LogP contribution in [0.5, 0.6) is 0 Å². The van der Waals surface area contributed by atoms with Crippen molar-refractivity contribution in [1.82, 2.24) is 4.90 Å². The first-order chi connectivity index (χ1) is 8.59. The number of piperidine rings is 1. The van der Waals surface area contributed by atoms with Gasteiger partial charge in [-0.2, -0.15) is 0 Å². The molecule has 102 valence electrons. The lowest BCUT2D eigenvalue weighted by molar-refractivity contribution is 0.0552. The van der Waals surface area contributed by atoms with Gasteiger partial charge in [0, 0.05) is 10.4 Å². The predicted octanol–water partition coefficient (Wildman–Crippen LogP) is 4.06. The zero-order valence-electron chi connectivity index (χ0n) is 11.3. The normalized spacial score (nSPS) is 22.7. The highest BCUT2D eigenvalue weighted by molar-refractivity contribution is 7.10. The van der Waals surface area contributed by atoms with Gasteiger partial charge in [0.15, 0.2) is 0 Å². The quantitative estimate of drug-likeness (QED) is 0.904. The van der Waals surface area contributed by atoms with Crippen LogP contribution in [0.1, 0.15) is 50.4 Å². The van der Waals surface area contributed by atoms with Gasteiger partial charge < -0.3 is 5.73 Å². The van der Waals surface area contributed by atoms with Crippen LogP contribution in [0, 0.1) is 0 Å². The zero-order chi connectivity index (χ0) is 13.2. The maximum absolute atomic E-state index is 6.54. The summed E-state index contributed by atoms with van der Waals surface area (Å²) in [7, 11) is 0. The summed E-state index contributed by atoms with van der Waals surface area (Å²) in [5.41, 5.74) is 6.57. The van der Waals surface area contributed by atoms with Crippen molar-refractivity contribution < 1.29 is 0 Å². The molecular formula is C14H23ClN2S. The fourth-order valence-electron chi connectivity index (χ4n) is 2.85. The first-order valence-electron chi connectivity index (χ1n) is 6.83. The lowest BCUT2D eigenvalue weighted by atomic mass is 9.85. The molecule has 1 aliphatic heterocycles. The van der Waals surface area contributed by atoms with E-state index in [1.165, 1.54) is 32.4 Å². The van der Waals surface area contributed by atoms with Gasteiger partial charge in [0.25, 0.3) is 0 Å². The van der Waals surface area contributed by atoms with Crippen LogP contribution in [-0.2, 0) is 0 Å². The Bertz CT molecular complexity index is 387.